The van der Waals surface area contributed by atoms with Crippen molar-refractivity contribution in [2.45, 2.75) is 45.7 Å². The van der Waals surface area contributed by atoms with Crippen LogP contribution < -0.4 is 11.5 Å². The van der Waals surface area contributed by atoms with Gasteiger partial charge in [-0.25, -0.2) is 0 Å². The average molecular weight is 144 g/mol. The second-order valence-electron chi connectivity index (χ2n) is 3.00. The molecule has 0 heterocycles. The third-order valence-corrected chi connectivity index (χ3v) is 2.29. The van der Waals surface area contributed by atoms with E-state index < -0.39 is 0 Å². The highest BCUT2D eigenvalue weighted by Crippen LogP contribution is 2.09. The predicted molar refractivity (Wildman–Crippen MR) is 45.7 cm³/mol. The minimum Gasteiger partial charge on any atom is -0.327 e. The Morgan fingerprint density at radius 2 is 1.30 bits per heavy atom. The zero-order valence-electron chi connectivity index (χ0n) is 7.30. The van der Waals surface area contributed by atoms with Crippen LogP contribution in [0.4, 0.5) is 0 Å². The topological polar surface area (TPSA) is 52.0 Å². The predicted octanol–water partition coefficient (Wildman–Crippen LogP) is 1.10. The molecule has 0 amide bonds. The molecule has 0 radical (unpaired) electrons. The molecule has 0 rings (SSSR count). The molecule has 0 saturated heterocycles. The van der Waals surface area contributed by atoms with E-state index in [4.69, 9.17) is 11.5 Å². The van der Waals surface area contributed by atoms with Crippen LogP contribution in [0, 0.1) is 5.92 Å². The number of hydrogen-bond donors (Lipinski definition) is 2. The van der Waals surface area contributed by atoms with E-state index in [0.29, 0.717) is 5.92 Å². The highest BCUT2D eigenvalue weighted by atomic mass is 14.7. The molecule has 0 spiro atoms. The molecule has 0 aliphatic heterocycles. The number of nitrogens with two attached hydrogens (primary N) is 2. The fourth-order valence-corrected chi connectivity index (χ4v) is 1.06. The third kappa shape index (κ3) is 2.67. The summed E-state index contributed by atoms with van der Waals surface area (Å²) in [5, 5.41) is 0. The van der Waals surface area contributed by atoms with Gasteiger partial charge in [0, 0.05) is 12.1 Å². The van der Waals surface area contributed by atoms with Gasteiger partial charge in [0.15, 0.2) is 0 Å². The Morgan fingerprint density at radius 1 is 1.00 bits per heavy atom. The molecule has 0 aliphatic rings. The van der Waals surface area contributed by atoms with Crippen LogP contribution in [0.15, 0.2) is 0 Å². The second kappa shape index (κ2) is 4.69. The minimum atomic E-state index is 0.273. The average Bonchev–Trinajstić information content (AvgIpc) is 2.00. The lowest BCUT2D eigenvalue weighted by molar-refractivity contribution is 0.363. The molecule has 2 heteroatoms. The first-order chi connectivity index (χ1) is 4.63. The first-order valence-corrected chi connectivity index (χ1v) is 4.14. The van der Waals surface area contributed by atoms with Gasteiger partial charge in [0.2, 0.25) is 0 Å². The van der Waals surface area contributed by atoms with Crippen molar-refractivity contribution in [3.8, 4) is 0 Å². The van der Waals surface area contributed by atoms with Gasteiger partial charge in [-0.1, -0.05) is 20.8 Å². The zero-order valence-corrected chi connectivity index (χ0v) is 7.30. The van der Waals surface area contributed by atoms with Gasteiger partial charge < -0.3 is 11.5 Å². The monoisotopic (exact) mass is 144 g/mol. The minimum absolute atomic E-state index is 0.273. The molecular weight excluding hydrogens is 124 g/mol. The van der Waals surface area contributed by atoms with E-state index in [1.54, 1.807) is 0 Å². The van der Waals surface area contributed by atoms with Gasteiger partial charge in [0.05, 0.1) is 0 Å². The van der Waals surface area contributed by atoms with Crippen LogP contribution in [-0.2, 0) is 0 Å². The van der Waals surface area contributed by atoms with Gasteiger partial charge in [-0.3, -0.25) is 0 Å². The van der Waals surface area contributed by atoms with E-state index >= 15 is 0 Å². The van der Waals surface area contributed by atoms with Crippen LogP contribution in [0.3, 0.4) is 0 Å². The van der Waals surface area contributed by atoms with Gasteiger partial charge in [-0.2, -0.15) is 0 Å². The van der Waals surface area contributed by atoms with Crippen molar-refractivity contribution >= 4 is 0 Å². The molecule has 2 nitrogen and oxygen atoms in total. The van der Waals surface area contributed by atoms with Crippen LogP contribution >= 0.6 is 0 Å². The Hall–Kier alpha value is -0.0800. The van der Waals surface area contributed by atoms with Crippen molar-refractivity contribution in [3.63, 3.8) is 0 Å². The van der Waals surface area contributed by atoms with Gasteiger partial charge in [0.25, 0.3) is 0 Å². The summed E-state index contributed by atoms with van der Waals surface area (Å²) in [5.74, 6) is 0.454. The van der Waals surface area contributed by atoms with Crippen LogP contribution in [0.5, 0.6) is 0 Å². The summed E-state index contributed by atoms with van der Waals surface area (Å²) in [5.41, 5.74) is 11.6. The van der Waals surface area contributed by atoms with Crippen molar-refractivity contribution < 1.29 is 0 Å². The van der Waals surface area contributed by atoms with E-state index in [1.165, 1.54) is 0 Å². The smallest absolute Gasteiger partial charge is 0.00766 e. The maximum Gasteiger partial charge on any atom is 0.00766 e. The van der Waals surface area contributed by atoms with Crippen molar-refractivity contribution in [3.05, 3.63) is 0 Å². The molecule has 2 unspecified atom stereocenters. The van der Waals surface area contributed by atoms with Crippen molar-refractivity contribution in [2.24, 2.45) is 17.4 Å². The first-order valence-electron chi connectivity index (χ1n) is 4.14. The first kappa shape index (κ1) is 9.92. The molecule has 2 atom stereocenters. The molecule has 0 aromatic carbocycles. The molecule has 4 N–H and O–H groups in total. The summed E-state index contributed by atoms with van der Waals surface area (Å²) in [6.45, 7) is 6.33. The highest BCUT2D eigenvalue weighted by Gasteiger charge is 2.16. The molecule has 62 valence electrons. The quantitative estimate of drug-likeness (QED) is 0.620. The Kier molecular flexibility index (Phi) is 4.65. The lowest BCUT2D eigenvalue weighted by atomic mass is 9.92. The van der Waals surface area contributed by atoms with Crippen molar-refractivity contribution in [1.82, 2.24) is 0 Å². The number of rotatable bonds is 4. The normalized spacial score (nSPS) is 20.1. The standard InChI is InChI=1S/C8H20N2/c1-4-7(9)6(3)8(10)5-2/h6-8H,4-5,9-10H2,1-3H3. The molecule has 0 bridgehead atoms. The number of hydrogen-bond acceptors (Lipinski definition) is 2. The van der Waals surface area contributed by atoms with Gasteiger partial charge in [-0.05, 0) is 18.8 Å². The Labute approximate surface area is 64.0 Å². The van der Waals surface area contributed by atoms with Crippen LogP contribution in [-0.4, -0.2) is 12.1 Å². The molecular formula is C8H20N2. The summed E-state index contributed by atoms with van der Waals surface area (Å²) in [7, 11) is 0. The van der Waals surface area contributed by atoms with Crippen LogP contribution in [0.2, 0.25) is 0 Å². The summed E-state index contributed by atoms with van der Waals surface area (Å²) < 4.78 is 0. The van der Waals surface area contributed by atoms with Crippen molar-refractivity contribution in [1.29, 1.82) is 0 Å². The lowest BCUT2D eigenvalue weighted by Gasteiger charge is -2.23. The van der Waals surface area contributed by atoms with E-state index in [-0.39, 0.29) is 12.1 Å². The molecule has 10 heavy (non-hydrogen) atoms. The fourth-order valence-electron chi connectivity index (χ4n) is 1.06. The van der Waals surface area contributed by atoms with Gasteiger partial charge >= 0.3 is 0 Å². The van der Waals surface area contributed by atoms with Crippen LogP contribution in [0.25, 0.3) is 0 Å². The van der Waals surface area contributed by atoms with Gasteiger partial charge in [-0.15, -0.1) is 0 Å². The van der Waals surface area contributed by atoms with E-state index in [0.717, 1.165) is 12.8 Å². The van der Waals surface area contributed by atoms with Gasteiger partial charge in [0.1, 0.15) is 0 Å². The highest BCUT2D eigenvalue weighted by molar-refractivity contribution is 4.76. The Balaban J connectivity index is 3.69. The fraction of sp³-hybridized carbons (Fsp3) is 1.00. The van der Waals surface area contributed by atoms with E-state index in [2.05, 4.69) is 20.8 Å². The molecule has 0 saturated carbocycles. The summed E-state index contributed by atoms with van der Waals surface area (Å²) in [6, 6.07) is 0.546. The summed E-state index contributed by atoms with van der Waals surface area (Å²) in [6.07, 6.45) is 2.05. The maximum atomic E-state index is 5.81. The third-order valence-electron chi connectivity index (χ3n) is 2.29. The maximum absolute atomic E-state index is 5.81. The van der Waals surface area contributed by atoms with Crippen LogP contribution in [0.1, 0.15) is 33.6 Å². The lowest BCUT2D eigenvalue weighted by Crippen LogP contribution is -2.39. The Bertz CT molecular complexity index is 73.3. The molecule has 0 fully saturated rings. The van der Waals surface area contributed by atoms with E-state index in [1.807, 2.05) is 0 Å². The summed E-state index contributed by atoms with van der Waals surface area (Å²) >= 11 is 0. The summed E-state index contributed by atoms with van der Waals surface area (Å²) in [4.78, 5) is 0. The molecule has 0 aromatic rings. The van der Waals surface area contributed by atoms with E-state index in [9.17, 15) is 0 Å². The molecule has 0 aromatic heterocycles. The Morgan fingerprint density at radius 3 is 1.50 bits per heavy atom. The largest absolute Gasteiger partial charge is 0.327 e. The SMILES string of the molecule is CCC(N)C(C)C(N)CC. The van der Waals surface area contributed by atoms with Crippen molar-refractivity contribution in [2.75, 3.05) is 0 Å². The molecule has 0 aliphatic carbocycles. The zero-order chi connectivity index (χ0) is 8.15. The second-order valence-corrected chi connectivity index (χ2v) is 3.00.